The van der Waals surface area contributed by atoms with Gasteiger partial charge in [-0.2, -0.15) is 0 Å². The van der Waals surface area contributed by atoms with Crippen LogP contribution in [-0.4, -0.2) is 55.1 Å². The molecule has 0 aliphatic carbocycles. The first-order valence-electron chi connectivity index (χ1n) is 6.18. The molecule has 3 heteroatoms. The molecule has 0 amide bonds. The van der Waals surface area contributed by atoms with Gasteiger partial charge in [-0.1, -0.05) is 13.8 Å². The van der Waals surface area contributed by atoms with E-state index in [1.54, 1.807) is 0 Å². The molecule has 1 saturated heterocycles. The van der Waals surface area contributed by atoms with Crippen LogP contribution in [0.2, 0.25) is 0 Å². The van der Waals surface area contributed by atoms with Gasteiger partial charge in [-0.3, -0.25) is 4.90 Å². The quantitative estimate of drug-likeness (QED) is 0.743. The molecule has 1 atom stereocenters. The predicted molar refractivity (Wildman–Crippen MR) is 66.0 cm³/mol. The summed E-state index contributed by atoms with van der Waals surface area (Å²) in [5.74, 6) is 0. The number of hydrogen-bond donors (Lipinski definition) is 1. The third-order valence-corrected chi connectivity index (χ3v) is 3.92. The number of likely N-dealkylation sites (N-methyl/N-ethyl adjacent to an activating group) is 1. The van der Waals surface area contributed by atoms with Crippen molar-refractivity contribution >= 4 is 0 Å². The Morgan fingerprint density at radius 2 is 1.93 bits per heavy atom. The van der Waals surface area contributed by atoms with E-state index < -0.39 is 0 Å². The van der Waals surface area contributed by atoms with Crippen LogP contribution in [0.4, 0.5) is 0 Å². The van der Waals surface area contributed by atoms with E-state index in [0.717, 1.165) is 25.4 Å². The van der Waals surface area contributed by atoms with Gasteiger partial charge in [0.05, 0.1) is 0 Å². The first kappa shape index (κ1) is 12.9. The average molecular weight is 213 g/mol. The fourth-order valence-corrected chi connectivity index (χ4v) is 2.30. The fraction of sp³-hybridized carbons (Fsp3) is 1.00. The van der Waals surface area contributed by atoms with Gasteiger partial charge < -0.3 is 10.6 Å². The maximum absolute atomic E-state index is 6.34. The number of nitrogens with zero attached hydrogens (tertiary/aromatic N) is 2. The Morgan fingerprint density at radius 3 is 2.33 bits per heavy atom. The van der Waals surface area contributed by atoms with Crippen molar-refractivity contribution in [3.8, 4) is 0 Å². The zero-order valence-electron chi connectivity index (χ0n) is 10.8. The summed E-state index contributed by atoms with van der Waals surface area (Å²) in [5.41, 5.74) is 6.37. The second kappa shape index (κ2) is 5.28. The maximum Gasteiger partial charge on any atom is 0.0278 e. The van der Waals surface area contributed by atoms with Gasteiger partial charge in [-0.05, 0) is 39.9 Å². The van der Waals surface area contributed by atoms with E-state index in [1.165, 1.54) is 19.5 Å². The summed E-state index contributed by atoms with van der Waals surface area (Å²) < 4.78 is 0. The second-order valence-corrected chi connectivity index (χ2v) is 5.21. The van der Waals surface area contributed by atoms with E-state index in [1.807, 2.05) is 0 Å². The molecule has 2 N–H and O–H groups in total. The van der Waals surface area contributed by atoms with Crippen molar-refractivity contribution < 1.29 is 0 Å². The molecule has 1 aliphatic rings. The molecule has 1 rings (SSSR count). The van der Waals surface area contributed by atoms with E-state index in [2.05, 4.69) is 37.7 Å². The average Bonchev–Trinajstić information content (AvgIpc) is 2.66. The first-order chi connectivity index (χ1) is 7.00. The minimum Gasteiger partial charge on any atom is -0.324 e. The van der Waals surface area contributed by atoms with Crippen LogP contribution >= 0.6 is 0 Å². The molecule has 0 aromatic heterocycles. The van der Waals surface area contributed by atoms with Gasteiger partial charge in [-0.25, -0.2) is 0 Å². The highest BCUT2D eigenvalue weighted by Crippen LogP contribution is 2.19. The molecule has 1 heterocycles. The van der Waals surface area contributed by atoms with Gasteiger partial charge >= 0.3 is 0 Å². The SMILES string of the molecule is CCC(N)(CC)CN1CCC(N(C)C)C1. The summed E-state index contributed by atoms with van der Waals surface area (Å²) in [6.45, 7) is 7.85. The summed E-state index contributed by atoms with van der Waals surface area (Å²) in [7, 11) is 4.34. The lowest BCUT2D eigenvalue weighted by Crippen LogP contribution is -2.49. The molecule has 0 bridgehead atoms. The molecular weight excluding hydrogens is 186 g/mol. The zero-order valence-corrected chi connectivity index (χ0v) is 10.8. The van der Waals surface area contributed by atoms with E-state index in [0.29, 0.717) is 0 Å². The van der Waals surface area contributed by atoms with E-state index in [-0.39, 0.29) is 5.54 Å². The minimum atomic E-state index is 0.0290. The molecule has 1 unspecified atom stereocenters. The lowest BCUT2D eigenvalue weighted by atomic mass is 9.94. The van der Waals surface area contributed by atoms with Gasteiger partial charge in [0.15, 0.2) is 0 Å². The summed E-state index contributed by atoms with van der Waals surface area (Å²) in [6.07, 6.45) is 3.44. The van der Waals surface area contributed by atoms with Gasteiger partial charge in [-0.15, -0.1) is 0 Å². The number of hydrogen-bond acceptors (Lipinski definition) is 3. The van der Waals surface area contributed by atoms with Crippen LogP contribution in [0.3, 0.4) is 0 Å². The smallest absolute Gasteiger partial charge is 0.0278 e. The van der Waals surface area contributed by atoms with E-state index in [9.17, 15) is 0 Å². The standard InChI is InChI=1S/C12H27N3/c1-5-12(13,6-2)10-15-8-7-11(9-15)14(3)4/h11H,5-10,13H2,1-4H3. The molecule has 0 aromatic carbocycles. The Labute approximate surface area is 94.6 Å². The highest BCUT2D eigenvalue weighted by molar-refractivity contribution is 4.89. The van der Waals surface area contributed by atoms with E-state index in [4.69, 9.17) is 5.73 Å². The maximum atomic E-state index is 6.34. The molecule has 15 heavy (non-hydrogen) atoms. The lowest BCUT2D eigenvalue weighted by molar-refractivity contribution is 0.214. The monoisotopic (exact) mass is 213 g/mol. The summed E-state index contributed by atoms with van der Waals surface area (Å²) in [4.78, 5) is 4.85. The Bertz CT molecular complexity index is 187. The molecule has 0 spiro atoms. The fourth-order valence-electron chi connectivity index (χ4n) is 2.30. The summed E-state index contributed by atoms with van der Waals surface area (Å²) in [5, 5.41) is 0. The molecule has 0 aromatic rings. The minimum absolute atomic E-state index is 0.0290. The molecule has 3 nitrogen and oxygen atoms in total. The second-order valence-electron chi connectivity index (χ2n) is 5.21. The van der Waals surface area contributed by atoms with Gasteiger partial charge in [0.2, 0.25) is 0 Å². The zero-order chi connectivity index (χ0) is 11.5. The highest BCUT2D eigenvalue weighted by atomic mass is 15.2. The molecule has 1 aliphatic heterocycles. The van der Waals surface area contributed by atoms with Crippen LogP contribution in [-0.2, 0) is 0 Å². The predicted octanol–water partition coefficient (Wildman–Crippen LogP) is 1.14. The third kappa shape index (κ3) is 3.44. The summed E-state index contributed by atoms with van der Waals surface area (Å²) in [6, 6.07) is 0.725. The van der Waals surface area contributed by atoms with Gasteiger partial charge in [0, 0.05) is 24.7 Å². The first-order valence-corrected chi connectivity index (χ1v) is 6.18. The van der Waals surface area contributed by atoms with Crippen molar-refractivity contribution in [2.24, 2.45) is 5.73 Å². The van der Waals surface area contributed by atoms with Crippen LogP contribution in [0.15, 0.2) is 0 Å². The van der Waals surface area contributed by atoms with Crippen LogP contribution < -0.4 is 5.73 Å². The van der Waals surface area contributed by atoms with Crippen molar-refractivity contribution in [3.63, 3.8) is 0 Å². The normalized spacial score (nSPS) is 24.0. The lowest BCUT2D eigenvalue weighted by Gasteiger charge is -2.32. The van der Waals surface area contributed by atoms with Crippen LogP contribution in [0, 0.1) is 0 Å². The third-order valence-electron chi connectivity index (χ3n) is 3.92. The Hall–Kier alpha value is -0.120. The van der Waals surface area contributed by atoms with Gasteiger partial charge in [0.1, 0.15) is 0 Å². The molecule has 90 valence electrons. The van der Waals surface area contributed by atoms with Crippen LogP contribution in [0.5, 0.6) is 0 Å². The molecule has 0 saturated carbocycles. The van der Waals surface area contributed by atoms with E-state index >= 15 is 0 Å². The van der Waals surface area contributed by atoms with Crippen molar-refractivity contribution in [2.75, 3.05) is 33.7 Å². The number of rotatable bonds is 5. The molecule has 0 radical (unpaired) electrons. The largest absolute Gasteiger partial charge is 0.324 e. The summed E-state index contributed by atoms with van der Waals surface area (Å²) >= 11 is 0. The van der Waals surface area contributed by atoms with Crippen molar-refractivity contribution in [3.05, 3.63) is 0 Å². The number of likely N-dealkylation sites (tertiary alicyclic amines) is 1. The molecular formula is C12H27N3. The Kier molecular flexibility index (Phi) is 4.56. The topological polar surface area (TPSA) is 32.5 Å². The Morgan fingerprint density at radius 1 is 1.33 bits per heavy atom. The van der Waals surface area contributed by atoms with Crippen molar-refractivity contribution in [1.82, 2.24) is 9.80 Å². The van der Waals surface area contributed by atoms with Gasteiger partial charge in [0.25, 0.3) is 0 Å². The van der Waals surface area contributed by atoms with Crippen molar-refractivity contribution in [1.29, 1.82) is 0 Å². The number of nitrogens with two attached hydrogens (primary N) is 1. The highest BCUT2D eigenvalue weighted by Gasteiger charge is 2.29. The molecule has 1 fully saturated rings. The van der Waals surface area contributed by atoms with Crippen LogP contribution in [0.25, 0.3) is 0 Å². The van der Waals surface area contributed by atoms with Crippen molar-refractivity contribution in [2.45, 2.75) is 44.7 Å². The van der Waals surface area contributed by atoms with Crippen LogP contribution in [0.1, 0.15) is 33.1 Å². The Balaban J connectivity index is 2.41.